The molecule has 0 fully saturated rings. The van der Waals surface area contributed by atoms with E-state index in [2.05, 4.69) is 26.2 Å². The molecule has 1 N–H and O–H groups in total. The summed E-state index contributed by atoms with van der Waals surface area (Å²) < 4.78 is 24.9. The van der Waals surface area contributed by atoms with E-state index in [0.29, 0.717) is 16.0 Å². The fourth-order valence-electron chi connectivity index (χ4n) is 1.93. The molecule has 0 aliphatic carbocycles. The van der Waals surface area contributed by atoms with Crippen molar-refractivity contribution in [1.82, 2.24) is 4.98 Å². The van der Waals surface area contributed by atoms with E-state index in [1.165, 1.54) is 6.07 Å². The Balaban J connectivity index is 2.21. The Kier molecular flexibility index (Phi) is 5.01. The molecular weight excluding hydrogens is 339 g/mol. The normalized spacial score (nSPS) is 11.9. The molecule has 2 aromatic rings. The first-order valence-electron chi connectivity index (χ1n) is 6.34. The number of methoxy groups -OCH3 is 2. The predicted octanol–water partition coefficient (Wildman–Crippen LogP) is 4.17. The first kappa shape index (κ1) is 15.6. The maximum atomic E-state index is 13.8. The molecule has 1 aromatic heterocycles. The van der Waals surface area contributed by atoms with Gasteiger partial charge in [-0.05, 0) is 46.6 Å². The average Bonchev–Trinajstić information content (AvgIpc) is 2.49. The van der Waals surface area contributed by atoms with Crippen LogP contribution in [0.25, 0.3) is 0 Å². The van der Waals surface area contributed by atoms with Crippen molar-refractivity contribution in [2.75, 3.05) is 19.5 Å². The second-order valence-electron chi connectivity index (χ2n) is 4.46. The van der Waals surface area contributed by atoms with E-state index in [1.54, 1.807) is 20.4 Å². The molecule has 0 aliphatic rings. The summed E-state index contributed by atoms with van der Waals surface area (Å²) in [5, 5.41) is 3.04. The standard InChI is InChI=1S/C15H16BrFN2O2/c1-9(19-15-12(17)7-11(16)8-18-15)10-4-5-13(20-2)14(6-10)21-3/h4-9H,1-3H3,(H,18,19). The van der Waals surface area contributed by atoms with E-state index in [-0.39, 0.29) is 11.9 Å². The Morgan fingerprint density at radius 1 is 1.19 bits per heavy atom. The number of nitrogens with zero attached hydrogens (tertiary/aromatic N) is 1. The van der Waals surface area contributed by atoms with Gasteiger partial charge in [0.2, 0.25) is 0 Å². The Morgan fingerprint density at radius 3 is 2.52 bits per heavy atom. The van der Waals surface area contributed by atoms with Crippen LogP contribution in [-0.4, -0.2) is 19.2 Å². The molecule has 0 saturated carbocycles. The van der Waals surface area contributed by atoms with E-state index in [9.17, 15) is 4.39 Å². The van der Waals surface area contributed by atoms with Crippen LogP contribution in [0.15, 0.2) is 34.9 Å². The van der Waals surface area contributed by atoms with Gasteiger partial charge in [0.05, 0.1) is 20.3 Å². The predicted molar refractivity (Wildman–Crippen MR) is 83.5 cm³/mol. The van der Waals surface area contributed by atoms with Crippen LogP contribution in [0.3, 0.4) is 0 Å². The molecule has 0 saturated heterocycles. The Morgan fingerprint density at radius 2 is 1.90 bits per heavy atom. The number of hydrogen-bond donors (Lipinski definition) is 1. The topological polar surface area (TPSA) is 43.4 Å². The van der Waals surface area contributed by atoms with Gasteiger partial charge in [0.1, 0.15) is 0 Å². The average molecular weight is 355 g/mol. The molecule has 1 atom stereocenters. The fraction of sp³-hybridized carbons (Fsp3) is 0.267. The van der Waals surface area contributed by atoms with Gasteiger partial charge in [-0.1, -0.05) is 6.07 Å². The highest BCUT2D eigenvalue weighted by atomic mass is 79.9. The highest BCUT2D eigenvalue weighted by molar-refractivity contribution is 9.10. The van der Waals surface area contributed by atoms with Crippen LogP contribution >= 0.6 is 15.9 Å². The van der Waals surface area contributed by atoms with Crippen LogP contribution in [0, 0.1) is 5.82 Å². The number of benzene rings is 1. The van der Waals surface area contributed by atoms with Crippen molar-refractivity contribution in [2.45, 2.75) is 13.0 Å². The zero-order valence-corrected chi connectivity index (χ0v) is 13.6. The summed E-state index contributed by atoms with van der Waals surface area (Å²) in [5.74, 6) is 1.09. The van der Waals surface area contributed by atoms with Crippen molar-refractivity contribution < 1.29 is 13.9 Å². The Hall–Kier alpha value is -1.82. The van der Waals surface area contributed by atoms with Crippen molar-refractivity contribution in [1.29, 1.82) is 0 Å². The molecule has 1 heterocycles. The summed E-state index contributed by atoms with van der Waals surface area (Å²) in [6.45, 7) is 1.92. The van der Waals surface area contributed by atoms with E-state index in [0.717, 1.165) is 5.56 Å². The molecule has 112 valence electrons. The van der Waals surface area contributed by atoms with Crippen molar-refractivity contribution >= 4 is 21.7 Å². The van der Waals surface area contributed by atoms with Crippen molar-refractivity contribution in [3.8, 4) is 11.5 Å². The third kappa shape index (κ3) is 3.64. The highest BCUT2D eigenvalue weighted by Gasteiger charge is 2.13. The molecular formula is C15H16BrFN2O2. The first-order valence-corrected chi connectivity index (χ1v) is 7.14. The molecule has 0 aliphatic heterocycles. The van der Waals surface area contributed by atoms with Crippen LogP contribution in [0.2, 0.25) is 0 Å². The molecule has 0 radical (unpaired) electrons. The second-order valence-corrected chi connectivity index (χ2v) is 5.38. The molecule has 0 spiro atoms. The van der Waals surface area contributed by atoms with Crippen LogP contribution in [-0.2, 0) is 0 Å². The van der Waals surface area contributed by atoms with Crippen molar-refractivity contribution in [3.63, 3.8) is 0 Å². The van der Waals surface area contributed by atoms with Crippen LogP contribution in [0.1, 0.15) is 18.5 Å². The number of aromatic nitrogens is 1. The van der Waals surface area contributed by atoms with E-state index < -0.39 is 5.82 Å². The van der Waals surface area contributed by atoms with Crippen LogP contribution < -0.4 is 14.8 Å². The SMILES string of the molecule is COc1ccc(C(C)Nc2ncc(Br)cc2F)cc1OC. The smallest absolute Gasteiger partial charge is 0.166 e. The quantitative estimate of drug-likeness (QED) is 0.874. The molecule has 4 nitrogen and oxygen atoms in total. The minimum absolute atomic E-state index is 0.131. The zero-order valence-electron chi connectivity index (χ0n) is 12.0. The van der Waals surface area contributed by atoms with E-state index in [4.69, 9.17) is 9.47 Å². The minimum Gasteiger partial charge on any atom is -0.493 e. The van der Waals surface area contributed by atoms with Crippen LogP contribution in [0.5, 0.6) is 11.5 Å². The van der Waals surface area contributed by atoms with Crippen molar-refractivity contribution in [2.24, 2.45) is 0 Å². The van der Waals surface area contributed by atoms with Gasteiger partial charge >= 0.3 is 0 Å². The van der Waals surface area contributed by atoms with Crippen LogP contribution in [0.4, 0.5) is 10.2 Å². The number of anilines is 1. The third-order valence-electron chi connectivity index (χ3n) is 3.07. The van der Waals surface area contributed by atoms with Gasteiger partial charge in [-0.15, -0.1) is 0 Å². The number of hydrogen-bond acceptors (Lipinski definition) is 4. The number of halogens is 2. The van der Waals surface area contributed by atoms with Gasteiger partial charge in [0.15, 0.2) is 23.1 Å². The lowest BCUT2D eigenvalue weighted by molar-refractivity contribution is 0.354. The highest BCUT2D eigenvalue weighted by Crippen LogP contribution is 2.31. The lowest BCUT2D eigenvalue weighted by Gasteiger charge is -2.17. The zero-order chi connectivity index (χ0) is 15.4. The monoisotopic (exact) mass is 354 g/mol. The molecule has 0 bridgehead atoms. The number of ether oxygens (including phenoxy) is 2. The molecule has 21 heavy (non-hydrogen) atoms. The van der Waals surface area contributed by atoms with Gasteiger partial charge in [-0.25, -0.2) is 9.37 Å². The third-order valence-corrected chi connectivity index (χ3v) is 3.50. The van der Waals surface area contributed by atoms with Gasteiger partial charge < -0.3 is 14.8 Å². The fourth-order valence-corrected chi connectivity index (χ4v) is 2.23. The Bertz CT molecular complexity index is 637. The summed E-state index contributed by atoms with van der Waals surface area (Å²) in [4.78, 5) is 4.03. The number of rotatable bonds is 5. The van der Waals surface area contributed by atoms with Crippen molar-refractivity contribution in [3.05, 3.63) is 46.3 Å². The molecule has 1 unspecified atom stereocenters. The van der Waals surface area contributed by atoms with E-state index >= 15 is 0 Å². The van der Waals surface area contributed by atoms with Gasteiger partial charge in [-0.2, -0.15) is 0 Å². The second kappa shape index (κ2) is 6.76. The number of pyridine rings is 1. The molecule has 6 heteroatoms. The van der Waals surface area contributed by atoms with Gasteiger partial charge in [0.25, 0.3) is 0 Å². The maximum absolute atomic E-state index is 13.8. The molecule has 1 aromatic carbocycles. The summed E-state index contributed by atoms with van der Waals surface area (Å²) >= 11 is 3.18. The summed E-state index contributed by atoms with van der Waals surface area (Å²) in [6.07, 6.45) is 1.55. The summed E-state index contributed by atoms with van der Waals surface area (Å²) in [5.41, 5.74) is 0.941. The molecule has 0 amide bonds. The first-order chi connectivity index (χ1) is 10.0. The molecule has 2 rings (SSSR count). The lowest BCUT2D eigenvalue weighted by atomic mass is 10.1. The summed E-state index contributed by atoms with van der Waals surface area (Å²) in [6, 6.07) is 6.81. The largest absolute Gasteiger partial charge is 0.493 e. The maximum Gasteiger partial charge on any atom is 0.166 e. The van der Waals surface area contributed by atoms with E-state index in [1.807, 2.05) is 25.1 Å². The van der Waals surface area contributed by atoms with Gasteiger partial charge in [-0.3, -0.25) is 0 Å². The summed E-state index contributed by atoms with van der Waals surface area (Å²) in [7, 11) is 3.16. The number of nitrogens with one attached hydrogen (secondary N) is 1. The Labute approximate surface area is 131 Å². The van der Waals surface area contributed by atoms with Gasteiger partial charge in [0, 0.05) is 10.7 Å². The lowest BCUT2D eigenvalue weighted by Crippen LogP contribution is -2.09. The minimum atomic E-state index is -0.406.